The predicted octanol–water partition coefficient (Wildman–Crippen LogP) is 2.54. The minimum Gasteiger partial charge on any atom is -0.389 e. The Kier molecular flexibility index (Phi) is 4.35. The Bertz CT molecular complexity index is 416. The van der Waals surface area contributed by atoms with Gasteiger partial charge >= 0.3 is 6.03 Å². The molecule has 0 saturated heterocycles. The van der Waals surface area contributed by atoms with Crippen LogP contribution in [0, 0.1) is 13.8 Å². The maximum Gasteiger partial charge on any atom is 0.321 e. The number of rotatable bonds is 3. The highest BCUT2D eigenvalue weighted by atomic mass is 16.3. The van der Waals surface area contributed by atoms with Crippen molar-refractivity contribution >= 4 is 11.7 Å². The Morgan fingerprint density at radius 3 is 2.22 bits per heavy atom. The average Bonchev–Trinajstić information content (AvgIpc) is 2.12. The van der Waals surface area contributed by atoms with Crippen LogP contribution in [-0.4, -0.2) is 35.2 Å². The summed E-state index contributed by atoms with van der Waals surface area (Å²) in [6.07, 6.45) is 0. The molecule has 4 heteroatoms. The van der Waals surface area contributed by atoms with Crippen LogP contribution >= 0.6 is 0 Å². The molecule has 18 heavy (non-hydrogen) atoms. The number of nitrogens with one attached hydrogen (secondary N) is 1. The highest BCUT2D eigenvalue weighted by Crippen LogP contribution is 2.14. The number of nitrogens with zero attached hydrogens (tertiary/aromatic N) is 1. The Labute approximate surface area is 109 Å². The third kappa shape index (κ3) is 4.75. The molecule has 1 aromatic carbocycles. The lowest BCUT2D eigenvalue weighted by atomic mass is 10.1. The summed E-state index contributed by atoms with van der Waals surface area (Å²) in [7, 11) is 1.66. The van der Waals surface area contributed by atoms with Crippen molar-refractivity contribution < 1.29 is 9.90 Å². The van der Waals surface area contributed by atoms with Crippen molar-refractivity contribution in [2.45, 2.75) is 33.3 Å². The molecule has 0 bridgehead atoms. The first-order chi connectivity index (χ1) is 8.17. The highest BCUT2D eigenvalue weighted by Gasteiger charge is 2.19. The molecule has 0 spiro atoms. The molecule has 0 radical (unpaired) electrons. The fourth-order valence-electron chi connectivity index (χ4n) is 1.92. The second-order valence-corrected chi connectivity index (χ2v) is 5.48. The second-order valence-electron chi connectivity index (χ2n) is 5.48. The summed E-state index contributed by atoms with van der Waals surface area (Å²) in [6, 6.07) is 5.67. The highest BCUT2D eigenvalue weighted by molar-refractivity contribution is 5.89. The number of benzene rings is 1. The summed E-state index contributed by atoms with van der Waals surface area (Å²) in [4.78, 5) is 13.4. The van der Waals surface area contributed by atoms with Gasteiger partial charge in [-0.05, 0) is 51.0 Å². The Hall–Kier alpha value is -1.55. The van der Waals surface area contributed by atoms with Crippen LogP contribution in [0.4, 0.5) is 10.5 Å². The first-order valence-electron chi connectivity index (χ1n) is 6.00. The molecule has 0 aromatic heterocycles. The third-order valence-electron chi connectivity index (χ3n) is 2.44. The van der Waals surface area contributed by atoms with Crippen LogP contribution in [-0.2, 0) is 0 Å². The maximum atomic E-state index is 11.9. The van der Waals surface area contributed by atoms with Crippen molar-refractivity contribution in [3.63, 3.8) is 0 Å². The Morgan fingerprint density at radius 2 is 1.78 bits per heavy atom. The first-order valence-corrected chi connectivity index (χ1v) is 6.00. The SMILES string of the molecule is Cc1cc(C)cc(NC(=O)N(C)CC(C)(C)O)c1. The number of carbonyl (C=O) groups is 1. The zero-order valence-electron chi connectivity index (χ0n) is 11.7. The van der Waals surface area contributed by atoms with Gasteiger partial charge in [-0.25, -0.2) is 4.79 Å². The first kappa shape index (κ1) is 14.5. The van der Waals surface area contributed by atoms with E-state index in [2.05, 4.69) is 11.4 Å². The molecule has 0 aliphatic rings. The number of hydrogen-bond acceptors (Lipinski definition) is 2. The number of amides is 2. The van der Waals surface area contributed by atoms with E-state index in [9.17, 15) is 9.90 Å². The summed E-state index contributed by atoms with van der Waals surface area (Å²) in [5.41, 5.74) is 2.10. The quantitative estimate of drug-likeness (QED) is 0.866. The molecule has 2 amide bonds. The molecule has 0 aliphatic heterocycles. The molecule has 1 rings (SSSR count). The summed E-state index contributed by atoms with van der Waals surface area (Å²) in [5.74, 6) is 0. The van der Waals surface area contributed by atoms with Gasteiger partial charge < -0.3 is 15.3 Å². The van der Waals surface area contributed by atoms with Gasteiger partial charge in [-0.15, -0.1) is 0 Å². The minimum absolute atomic E-state index is 0.220. The van der Waals surface area contributed by atoms with Gasteiger partial charge in [0.05, 0.1) is 12.1 Å². The number of likely N-dealkylation sites (N-methyl/N-ethyl adjacent to an activating group) is 1. The smallest absolute Gasteiger partial charge is 0.321 e. The van der Waals surface area contributed by atoms with Crippen LogP contribution in [0.2, 0.25) is 0 Å². The van der Waals surface area contributed by atoms with E-state index in [-0.39, 0.29) is 12.6 Å². The molecule has 0 heterocycles. The van der Waals surface area contributed by atoms with Crippen LogP contribution in [0.1, 0.15) is 25.0 Å². The summed E-state index contributed by atoms with van der Waals surface area (Å²) in [6.45, 7) is 7.61. The summed E-state index contributed by atoms with van der Waals surface area (Å²) < 4.78 is 0. The number of aryl methyl sites for hydroxylation is 2. The van der Waals surface area contributed by atoms with E-state index in [1.165, 1.54) is 4.90 Å². The molecule has 0 aliphatic carbocycles. The van der Waals surface area contributed by atoms with Gasteiger partial charge in [-0.3, -0.25) is 0 Å². The zero-order valence-corrected chi connectivity index (χ0v) is 11.7. The predicted molar refractivity (Wildman–Crippen MR) is 73.9 cm³/mol. The molecule has 0 atom stereocenters. The second kappa shape index (κ2) is 5.40. The van der Waals surface area contributed by atoms with Gasteiger partial charge in [0.2, 0.25) is 0 Å². The molecule has 0 fully saturated rings. The van der Waals surface area contributed by atoms with Crippen molar-refractivity contribution in [1.82, 2.24) is 4.90 Å². The molecule has 0 unspecified atom stereocenters. The molecule has 1 aromatic rings. The van der Waals surface area contributed by atoms with E-state index in [0.717, 1.165) is 16.8 Å². The molecule has 4 nitrogen and oxygen atoms in total. The van der Waals surface area contributed by atoms with Crippen LogP contribution in [0.25, 0.3) is 0 Å². The third-order valence-corrected chi connectivity index (χ3v) is 2.44. The van der Waals surface area contributed by atoms with Gasteiger partial charge in [0.1, 0.15) is 0 Å². The summed E-state index contributed by atoms with van der Waals surface area (Å²) >= 11 is 0. The minimum atomic E-state index is -0.894. The van der Waals surface area contributed by atoms with Crippen molar-refractivity contribution in [2.75, 3.05) is 18.9 Å². The number of urea groups is 1. The van der Waals surface area contributed by atoms with Crippen LogP contribution in [0.5, 0.6) is 0 Å². The fourth-order valence-corrected chi connectivity index (χ4v) is 1.92. The van der Waals surface area contributed by atoms with Gasteiger partial charge in [-0.1, -0.05) is 6.07 Å². The van der Waals surface area contributed by atoms with E-state index in [1.807, 2.05) is 26.0 Å². The van der Waals surface area contributed by atoms with Gasteiger partial charge in [0.15, 0.2) is 0 Å². The van der Waals surface area contributed by atoms with Crippen LogP contribution in [0.3, 0.4) is 0 Å². The van der Waals surface area contributed by atoms with Crippen molar-refractivity contribution in [2.24, 2.45) is 0 Å². The van der Waals surface area contributed by atoms with Crippen LogP contribution in [0.15, 0.2) is 18.2 Å². The number of anilines is 1. The topological polar surface area (TPSA) is 52.6 Å². The maximum absolute atomic E-state index is 11.9. The number of aliphatic hydroxyl groups is 1. The standard InChI is InChI=1S/C14H22N2O2/c1-10-6-11(2)8-12(7-10)15-13(17)16(5)9-14(3,4)18/h6-8,18H,9H2,1-5H3,(H,15,17). The Balaban J connectivity index is 2.69. The normalized spacial score (nSPS) is 11.2. The average molecular weight is 250 g/mol. The van der Waals surface area contributed by atoms with Crippen molar-refractivity contribution in [1.29, 1.82) is 0 Å². The van der Waals surface area contributed by atoms with Gasteiger partial charge in [0.25, 0.3) is 0 Å². The number of carbonyl (C=O) groups excluding carboxylic acids is 1. The van der Waals surface area contributed by atoms with E-state index in [0.29, 0.717) is 0 Å². The van der Waals surface area contributed by atoms with Gasteiger partial charge in [-0.2, -0.15) is 0 Å². The van der Waals surface area contributed by atoms with E-state index in [1.54, 1.807) is 20.9 Å². The molecular weight excluding hydrogens is 228 g/mol. The molecule has 0 saturated carbocycles. The van der Waals surface area contributed by atoms with E-state index >= 15 is 0 Å². The molecular formula is C14H22N2O2. The Morgan fingerprint density at radius 1 is 1.28 bits per heavy atom. The lowest BCUT2D eigenvalue weighted by Gasteiger charge is -2.25. The molecule has 2 N–H and O–H groups in total. The lowest BCUT2D eigenvalue weighted by Crippen LogP contribution is -2.41. The summed E-state index contributed by atoms with van der Waals surface area (Å²) in [5, 5.41) is 12.5. The van der Waals surface area contributed by atoms with Crippen LogP contribution < -0.4 is 5.32 Å². The molecule has 100 valence electrons. The van der Waals surface area contributed by atoms with Crippen molar-refractivity contribution in [3.05, 3.63) is 29.3 Å². The van der Waals surface area contributed by atoms with E-state index < -0.39 is 5.60 Å². The monoisotopic (exact) mass is 250 g/mol. The number of hydrogen-bond donors (Lipinski definition) is 2. The lowest BCUT2D eigenvalue weighted by molar-refractivity contribution is 0.0550. The van der Waals surface area contributed by atoms with Crippen molar-refractivity contribution in [3.8, 4) is 0 Å². The fraction of sp³-hybridized carbons (Fsp3) is 0.500. The van der Waals surface area contributed by atoms with E-state index in [4.69, 9.17) is 0 Å². The van der Waals surface area contributed by atoms with Gasteiger partial charge in [0, 0.05) is 12.7 Å². The largest absolute Gasteiger partial charge is 0.389 e. The zero-order chi connectivity index (χ0) is 13.9.